The van der Waals surface area contributed by atoms with Crippen molar-refractivity contribution in [2.75, 3.05) is 7.11 Å². The second-order valence-electron chi connectivity index (χ2n) is 9.46. The van der Waals surface area contributed by atoms with E-state index in [9.17, 15) is 27.6 Å². The molecular weight excluding hydrogens is 557 g/mol. The predicted octanol–water partition coefficient (Wildman–Crippen LogP) is 5.36. The zero-order valence-corrected chi connectivity index (χ0v) is 23.8. The number of carbonyl (C=O) groups excluding carboxylic acids is 3. The standard InChI is InChI=1S/C23H28N2O6.C7H5F3O/c1-14(2)19(23(28)30-15(3)13-17-9-7-6-8-10-17)25-22(27)20-21(31-16(4)26)18(29-5)11-12-24-20;8-7(9,10)5-1-3-6(11)4-2-5/h6-12,14-15,19H,13H2,1-5H3,(H,25,27);1-4,11H/t15?,19-;/m0./s1. The summed E-state index contributed by atoms with van der Waals surface area (Å²) < 4.78 is 51.4. The maximum atomic E-state index is 12.9. The van der Waals surface area contributed by atoms with Gasteiger partial charge in [0.15, 0.2) is 11.4 Å². The number of nitrogens with zero attached hydrogens (tertiary/aromatic N) is 1. The second kappa shape index (κ2) is 15.4. The van der Waals surface area contributed by atoms with Crippen molar-refractivity contribution in [3.63, 3.8) is 0 Å². The molecule has 1 unspecified atom stereocenters. The average Bonchev–Trinajstić information content (AvgIpc) is 2.91. The van der Waals surface area contributed by atoms with Crippen LogP contribution in [0.25, 0.3) is 0 Å². The van der Waals surface area contributed by atoms with Crippen LogP contribution in [-0.4, -0.2) is 47.2 Å². The Labute approximate surface area is 241 Å². The number of carbonyl (C=O) groups is 3. The van der Waals surface area contributed by atoms with E-state index < -0.39 is 35.6 Å². The summed E-state index contributed by atoms with van der Waals surface area (Å²) in [7, 11) is 1.38. The molecule has 0 aliphatic carbocycles. The molecule has 1 amide bonds. The summed E-state index contributed by atoms with van der Waals surface area (Å²) in [6.45, 7) is 6.59. The first-order chi connectivity index (χ1) is 19.7. The highest BCUT2D eigenvalue weighted by molar-refractivity contribution is 5.98. The molecule has 1 heterocycles. The number of phenols is 1. The highest BCUT2D eigenvalue weighted by Gasteiger charge is 2.31. The van der Waals surface area contributed by atoms with Crippen molar-refractivity contribution in [1.82, 2.24) is 10.3 Å². The van der Waals surface area contributed by atoms with Crippen LogP contribution < -0.4 is 14.8 Å². The first-order valence-electron chi connectivity index (χ1n) is 12.9. The molecule has 2 N–H and O–H groups in total. The van der Waals surface area contributed by atoms with Gasteiger partial charge in [0.2, 0.25) is 5.75 Å². The lowest BCUT2D eigenvalue weighted by atomic mass is 10.0. The molecule has 42 heavy (non-hydrogen) atoms. The van der Waals surface area contributed by atoms with Crippen LogP contribution >= 0.6 is 0 Å². The van der Waals surface area contributed by atoms with E-state index in [-0.39, 0.29) is 35.0 Å². The number of pyridine rings is 1. The van der Waals surface area contributed by atoms with E-state index in [0.29, 0.717) is 6.42 Å². The van der Waals surface area contributed by atoms with Crippen molar-refractivity contribution in [3.05, 3.63) is 83.7 Å². The molecule has 12 heteroatoms. The molecule has 0 saturated heterocycles. The number of nitrogens with one attached hydrogen (secondary N) is 1. The van der Waals surface area contributed by atoms with Gasteiger partial charge in [0, 0.05) is 25.6 Å². The molecule has 3 aromatic rings. The number of halogens is 3. The highest BCUT2D eigenvalue weighted by atomic mass is 19.4. The SMILES string of the molecule is COc1ccnc(C(=O)N[C@H](C(=O)OC(C)Cc2ccccc2)C(C)C)c1OC(C)=O.Oc1ccc(C(F)(F)F)cc1. The van der Waals surface area contributed by atoms with Gasteiger partial charge >= 0.3 is 18.1 Å². The molecule has 2 aromatic carbocycles. The molecule has 0 aliphatic heterocycles. The minimum atomic E-state index is -4.33. The largest absolute Gasteiger partial charge is 0.508 e. The van der Waals surface area contributed by atoms with E-state index in [4.69, 9.17) is 19.3 Å². The van der Waals surface area contributed by atoms with E-state index >= 15 is 0 Å². The number of benzene rings is 2. The van der Waals surface area contributed by atoms with Crippen molar-refractivity contribution in [2.45, 2.75) is 52.4 Å². The minimum Gasteiger partial charge on any atom is -0.508 e. The van der Waals surface area contributed by atoms with Crippen LogP contribution in [0.1, 0.15) is 49.3 Å². The molecule has 2 atom stereocenters. The van der Waals surface area contributed by atoms with Crippen molar-refractivity contribution >= 4 is 17.8 Å². The fourth-order valence-electron chi connectivity index (χ4n) is 3.61. The van der Waals surface area contributed by atoms with E-state index in [1.807, 2.05) is 30.3 Å². The summed E-state index contributed by atoms with van der Waals surface area (Å²) in [5, 5.41) is 11.3. The lowest BCUT2D eigenvalue weighted by Gasteiger charge is -2.23. The number of hydrogen-bond acceptors (Lipinski definition) is 8. The van der Waals surface area contributed by atoms with Gasteiger partial charge in [0.05, 0.1) is 12.7 Å². The third-order valence-corrected chi connectivity index (χ3v) is 5.63. The van der Waals surface area contributed by atoms with Gasteiger partial charge in [-0.15, -0.1) is 0 Å². The molecule has 0 bridgehead atoms. The highest BCUT2D eigenvalue weighted by Crippen LogP contribution is 2.30. The van der Waals surface area contributed by atoms with Crippen molar-refractivity contribution < 1.29 is 46.9 Å². The minimum absolute atomic E-state index is 0.108. The number of methoxy groups -OCH3 is 1. The first-order valence-corrected chi connectivity index (χ1v) is 12.9. The van der Waals surface area contributed by atoms with Gasteiger partial charge in [-0.1, -0.05) is 44.2 Å². The molecule has 0 spiro atoms. The summed E-state index contributed by atoms with van der Waals surface area (Å²) in [4.78, 5) is 41.1. The van der Waals surface area contributed by atoms with Crippen molar-refractivity contribution in [3.8, 4) is 17.2 Å². The van der Waals surface area contributed by atoms with E-state index in [2.05, 4.69) is 10.3 Å². The predicted molar refractivity (Wildman–Crippen MR) is 147 cm³/mol. The number of aromatic nitrogens is 1. The number of amides is 1. The first kappa shape index (κ1) is 33.6. The van der Waals surface area contributed by atoms with Gasteiger partial charge in [-0.05, 0) is 42.7 Å². The maximum Gasteiger partial charge on any atom is 0.416 e. The van der Waals surface area contributed by atoms with Gasteiger partial charge in [-0.3, -0.25) is 9.59 Å². The number of aromatic hydroxyl groups is 1. The normalized spacial score (nSPS) is 12.3. The zero-order valence-electron chi connectivity index (χ0n) is 23.8. The fourth-order valence-corrected chi connectivity index (χ4v) is 3.61. The summed E-state index contributed by atoms with van der Waals surface area (Å²) in [6.07, 6.45) is -2.79. The summed E-state index contributed by atoms with van der Waals surface area (Å²) in [5.74, 6) is -2.21. The molecule has 0 fully saturated rings. The van der Waals surface area contributed by atoms with Crippen LogP contribution in [0.3, 0.4) is 0 Å². The Kier molecular flexibility index (Phi) is 12.3. The van der Waals surface area contributed by atoms with Crippen LogP contribution in [-0.2, 0) is 26.9 Å². The lowest BCUT2D eigenvalue weighted by molar-refractivity contribution is -0.151. The Morgan fingerprint density at radius 2 is 1.60 bits per heavy atom. The van der Waals surface area contributed by atoms with E-state index in [1.165, 1.54) is 26.3 Å². The van der Waals surface area contributed by atoms with Gasteiger partial charge in [0.25, 0.3) is 5.91 Å². The Bertz CT molecular complexity index is 1330. The third kappa shape index (κ3) is 10.4. The topological polar surface area (TPSA) is 124 Å². The van der Waals surface area contributed by atoms with Gasteiger partial charge in [-0.2, -0.15) is 13.2 Å². The van der Waals surface area contributed by atoms with E-state index in [0.717, 1.165) is 29.8 Å². The molecule has 1 aromatic heterocycles. The van der Waals surface area contributed by atoms with Gasteiger partial charge in [-0.25, -0.2) is 9.78 Å². The Morgan fingerprint density at radius 3 is 2.12 bits per heavy atom. The number of esters is 2. The molecular formula is C30H33F3N2O7. The molecule has 0 saturated carbocycles. The molecule has 0 radical (unpaired) electrons. The molecule has 3 rings (SSSR count). The summed E-state index contributed by atoms with van der Waals surface area (Å²) in [5.41, 5.74) is 0.125. The monoisotopic (exact) mass is 590 g/mol. The number of ether oxygens (including phenoxy) is 3. The van der Waals surface area contributed by atoms with Gasteiger partial charge < -0.3 is 24.6 Å². The third-order valence-electron chi connectivity index (χ3n) is 5.63. The van der Waals surface area contributed by atoms with Crippen LogP contribution in [0.4, 0.5) is 13.2 Å². The van der Waals surface area contributed by atoms with Crippen molar-refractivity contribution in [1.29, 1.82) is 0 Å². The quantitative estimate of drug-likeness (QED) is 0.320. The lowest BCUT2D eigenvalue weighted by Crippen LogP contribution is -2.46. The zero-order chi connectivity index (χ0) is 31.4. The fraction of sp³-hybridized carbons (Fsp3) is 0.333. The van der Waals surface area contributed by atoms with Crippen LogP contribution in [0.2, 0.25) is 0 Å². The van der Waals surface area contributed by atoms with Gasteiger partial charge in [0.1, 0.15) is 17.9 Å². The van der Waals surface area contributed by atoms with Crippen LogP contribution in [0.5, 0.6) is 17.2 Å². The molecule has 0 aliphatic rings. The number of hydrogen-bond donors (Lipinski definition) is 2. The summed E-state index contributed by atoms with van der Waals surface area (Å²) >= 11 is 0. The maximum absolute atomic E-state index is 12.9. The Balaban J connectivity index is 0.000000468. The van der Waals surface area contributed by atoms with Crippen molar-refractivity contribution in [2.24, 2.45) is 5.92 Å². The summed E-state index contributed by atoms with van der Waals surface area (Å²) in [6, 6.07) is 13.9. The van der Waals surface area contributed by atoms with E-state index in [1.54, 1.807) is 20.8 Å². The number of rotatable bonds is 9. The van der Waals surface area contributed by atoms with Crippen LogP contribution in [0, 0.1) is 5.92 Å². The Hall–Kier alpha value is -4.61. The van der Waals surface area contributed by atoms with Crippen LogP contribution in [0.15, 0.2) is 66.9 Å². The number of alkyl halides is 3. The molecule has 9 nitrogen and oxygen atoms in total. The number of phenolic OH excluding ortho intramolecular Hbond substituents is 1. The Morgan fingerprint density at radius 1 is 0.976 bits per heavy atom. The average molecular weight is 591 g/mol. The second-order valence-corrected chi connectivity index (χ2v) is 9.46. The molecule has 226 valence electrons. The smallest absolute Gasteiger partial charge is 0.416 e.